The molecule has 5 rings (SSSR count). The highest BCUT2D eigenvalue weighted by atomic mass is 16.5. The summed E-state index contributed by atoms with van der Waals surface area (Å²) in [6, 6.07) is 11.0. The zero-order chi connectivity index (χ0) is 21.8. The van der Waals surface area contributed by atoms with E-state index in [9.17, 15) is 15.3 Å². The van der Waals surface area contributed by atoms with Crippen LogP contribution < -0.4 is 0 Å². The summed E-state index contributed by atoms with van der Waals surface area (Å²) in [5.41, 5.74) is 1.00. The predicted octanol–water partition coefficient (Wildman–Crippen LogP) is 5.38. The van der Waals surface area contributed by atoms with Crippen LogP contribution in [-0.4, -0.2) is 26.5 Å². The summed E-state index contributed by atoms with van der Waals surface area (Å²) in [6.07, 6.45) is 4.56. The average Bonchev–Trinajstić information content (AvgIpc) is 3.38. The maximum absolute atomic E-state index is 11.4. The van der Waals surface area contributed by atoms with Crippen LogP contribution in [0.1, 0.15) is 56.6 Å². The highest BCUT2D eigenvalue weighted by Crippen LogP contribution is 2.67. The first-order valence-corrected chi connectivity index (χ1v) is 10.9. The van der Waals surface area contributed by atoms with Gasteiger partial charge >= 0.3 is 0 Å². The maximum atomic E-state index is 11.4. The van der Waals surface area contributed by atoms with E-state index in [4.69, 9.17) is 11.3 Å². The van der Waals surface area contributed by atoms with Crippen molar-refractivity contribution >= 4 is 16.5 Å². The minimum Gasteiger partial charge on any atom is -0.494 e. The molecule has 1 fully saturated rings. The molecule has 2 aliphatic heterocycles. The van der Waals surface area contributed by atoms with Crippen molar-refractivity contribution in [1.29, 1.82) is 0 Å². The number of aromatic nitrogens is 1. The number of aromatic hydroxyl groups is 2. The molecule has 6 heteroatoms. The van der Waals surface area contributed by atoms with Crippen molar-refractivity contribution in [2.75, 3.05) is 6.61 Å². The molecular weight excluding hydrogens is 392 g/mol. The van der Waals surface area contributed by atoms with Gasteiger partial charge < -0.3 is 20.1 Å². The van der Waals surface area contributed by atoms with E-state index in [0.29, 0.717) is 35.3 Å². The van der Waals surface area contributed by atoms with Crippen LogP contribution in [0.5, 0.6) is 11.8 Å². The van der Waals surface area contributed by atoms with E-state index in [2.05, 4.69) is 11.8 Å². The second kappa shape index (κ2) is 7.01. The monoisotopic (exact) mass is 418 g/mol. The van der Waals surface area contributed by atoms with Crippen molar-refractivity contribution in [2.45, 2.75) is 56.7 Å². The van der Waals surface area contributed by atoms with Gasteiger partial charge in [0, 0.05) is 13.0 Å². The fourth-order valence-corrected chi connectivity index (χ4v) is 5.68. The van der Waals surface area contributed by atoms with Crippen molar-refractivity contribution in [1.82, 2.24) is 4.57 Å². The Balaban J connectivity index is 1.78. The molecule has 6 nitrogen and oxygen atoms in total. The minimum absolute atomic E-state index is 0.0103. The molecule has 3 N–H and O–H groups in total. The fourth-order valence-electron chi connectivity index (χ4n) is 5.68. The van der Waals surface area contributed by atoms with Crippen LogP contribution in [0.3, 0.4) is 0 Å². The molecule has 3 aromatic rings. The molecule has 0 spiro atoms. The van der Waals surface area contributed by atoms with Gasteiger partial charge in [0.05, 0.1) is 23.4 Å². The van der Waals surface area contributed by atoms with E-state index in [-0.39, 0.29) is 18.4 Å². The van der Waals surface area contributed by atoms with E-state index in [1.165, 1.54) is 4.57 Å². The Morgan fingerprint density at radius 3 is 2.26 bits per heavy atom. The summed E-state index contributed by atoms with van der Waals surface area (Å²) in [6.45, 7) is 9.53. The number of aliphatic hydroxyl groups is 1. The quantitative estimate of drug-likeness (QED) is 0.470. The number of hydrogen-bond acceptors (Lipinski definition) is 4. The standard InChI is InChI=1S/C25H26N2O4/c1-3-4-11-24-12-13-25(31-24,14-15-28)21-20(24)22(29)27(23(21)30)19-10-9-18(26-2)16-7-5-6-8-17(16)19/h5-10,28-30H,3-4,11-15H2,1H3. The molecule has 2 aromatic carbocycles. The first-order chi connectivity index (χ1) is 15.0. The van der Waals surface area contributed by atoms with E-state index < -0.39 is 11.2 Å². The highest BCUT2D eigenvalue weighted by Gasteiger charge is 2.63. The topological polar surface area (TPSA) is 79.2 Å². The lowest BCUT2D eigenvalue weighted by molar-refractivity contribution is -0.102. The number of hydrogen-bond donors (Lipinski definition) is 3. The fraction of sp³-hybridized carbons (Fsp3) is 0.400. The Bertz CT molecular complexity index is 1220. The lowest BCUT2D eigenvalue weighted by Gasteiger charge is -2.27. The van der Waals surface area contributed by atoms with Gasteiger partial charge in [-0.05, 0) is 36.1 Å². The molecule has 2 atom stereocenters. The van der Waals surface area contributed by atoms with Gasteiger partial charge in [-0.15, -0.1) is 0 Å². The molecule has 31 heavy (non-hydrogen) atoms. The summed E-state index contributed by atoms with van der Waals surface area (Å²) < 4.78 is 8.03. The van der Waals surface area contributed by atoms with Crippen molar-refractivity contribution < 1.29 is 20.1 Å². The van der Waals surface area contributed by atoms with Crippen molar-refractivity contribution in [3.8, 4) is 17.4 Å². The summed E-state index contributed by atoms with van der Waals surface area (Å²) in [5, 5.41) is 34.1. The smallest absolute Gasteiger partial charge is 0.205 e. The van der Waals surface area contributed by atoms with Crippen LogP contribution in [0.15, 0.2) is 36.4 Å². The average molecular weight is 418 g/mol. The third-order valence-corrected chi connectivity index (χ3v) is 7.04. The first-order valence-electron chi connectivity index (χ1n) is 10.9. The number of rotatable bonds is 6. The number of fused-ring (bicyclic) bond motifs is 6. The second-order valence-electron chi connectivity index (χ2n) is 8.66. The molecule has 0 radical (unpaired) electrons. The number of aliphatic hydroxyl groups excluding tert-OH is 1. The maximum Gasteiger partial charge on any atom is 0.205 e. The van der Waals surface area contributed by atoms with Crippen LogP contribution in [-0.2, 0) is 15.9 Å². The lowest BCUT2D eigenvalue weighted by Crippen LogP contribution is -2.24. The normalized spacial score (nSPS) is 23.9. The van der Waals surface area contributed by atoms with Gasteiger partial charge in [0.2, 0.25) is 11.8 Å². The summed E-state index contributed by atoms with van der Waals surface area (Å²) >= 11 is 0. The van der Waals surface area contributed by atoms with Crippen LogP contribution in [0.25, 0.3) is 21.3 Å². The zero-order valence-corrected chi connectivity index (χ0v) is 17.6. The molecule has 0 saturated carbocycles. The van der Waals surface area contributed by atoms with Crippen LogP contribution in [0, 0.1) is 6.57 Å². The molecular formula is C25H26N2O4. The van der Waals surface area contributed by atoms with E-state index in [1.807, 2.05) is 24.3 Å². The number of unbranched alkanes of at least 4 members (excludes halogenated alkanes) is 1. The Hall–Kier alpha value is -3.01. The summed E-state index contributed by atoms with van der Waals surface area (Å²) in [4.78, 5) is 3.61. The van der Waals surface area contributed by atoms with Gasteiger partial charge in [-0.1, -0.05) is 50.1 Å². The van der Waals surface area contributed by atoms with Gasteiger partial charge in [-0.25, -0.2) is 4.85 Å². The van der Waals surface area contributed by atoms with Crippen molar-refractivity contribution in [3.05, 3.63) is 58.9 Å². The lowest BCUT2D eigenvalue weighted by atomic mass is 9.75. The Kier molecular flexibility index (Phi) is 4.51. The van der Waals surface area contributed by atoms with Gasteiger partial charge in [-0.3, -0.25) is 4.57 Å². The third kappa shape index (κ3) is 2.57. The molecule has 1 aromatic heterocycles. The molecule has 3 heterocycles. The van der Waals surface area contributed by atoms with Gasteiger partial charge in [0.15, 0.2) is 5.69 Å². The van der Waals surface area contributed by atoms with Crippen LogP contribution >= 0.6 is 0 Å². The second-order valence-corrected chi connectivity index (χ2v) is 8.66. The largest absolute Gasteiger partial charge is 0.494 e. The van der Waals surface area contributed by atoms with Gasteiger partial charge in [0.25, 0.3) is 0 Å². The molecule has 2 aliphatic rings. The van der Waals surface area contributed by atoms with Gasteiger partial charge in [-0.2, -0.15) is 0 Å². The van der Waals surface area contributed by atoms with E-state index in [1.54, 1.807) is 12.1 Å². The molecule has 0 aliphatic carbocycles. The number of ether oxygens (including phenoxy) is 1. The predicted molar refractivity (Wildman–Crippen MR) is 118 cm³/mol. The van der Waals surface area contributed by atoms with E-state index >= 15 is 0 Å². The SMILES string of the molecule is [C-]#[N+]c1ccc(-n2c(O)c3c(c2O)C2(CCCC)CCC3(CCO)O2)c2ccccc12. The molecule has 2 unspecified atom stereocenters. The zero-order valence-electron chi connectivity index (χ0n) is 17.6. The highest BCUT2D eigenvalue weighted by molar-refractivity contribution is 6.00. The Labute approximate surface area is 181 Å². The Morgan fingerprint density at radius 2 is 1.65 bits per heavy atom. The third-order valence-electron chi connectivity index (χ3n) is 7.04. The van der Waals surface area contributed by atoms with Crippen molar-refractivity contribution in [2.24, 2.45) is 0 Å². The number of benzene rings is 2. The molecule has 1 saturated heterocycles. The van der Waals surface area contributed by atoms with Crippen LogP contribution in [0.2, 0.25) is 0 Å². The molecule has 160 valence electrons. The van der Waals surface area contributed by atoms with Crippen LogP contribution in [0.4, 0.5) is 5.69 Å². The van der Waals surface area contributed by atoms with Gasteiger partial charge in [0.1, 0.15) is 11.2 Å². The minimum atomic E-state index is -0.781. The number of nitrogens with zero attached hydrogens (tertiary/aromatic N) is 2. The van der Waals surface area contributed by atoms with E-state index in [0.717, 1.165) is 36.5 Å². The summed E-state index contributed by atoms with van der Waals surface area (Å²) in [7, 11) is 0. The molecule has 2 bridgehead atoms. The van der Waals surface area contributed by atoms with Crippen molar-refractivity contribution in [3.63, 3.8) is 0 Å². The first kappa shape index (κ1) is 19.9. The molecule has 0 amide bonds. The Morgan fingerprint density at radius 1 is 1.00 bits per heavy atom. The summed E-state index contributed by atoms with van der Waals surface area (Å²) in [5.74, 6) is -0.0522.